The number of nitrogens with zero attached hydrogens (tertiary/aromatic N) is 3. The Kier molecular flexibility index (Phi) is 6.81. The molecular formula is C21H25ClFN3O3S. The molecule has 0 bridgehead atoms. The lowest BCUT2D eigenvalue weighted by molar-refractivity contribution is -0.119. The third-order valence-corrected chi connectivity index (χ3v) is 7.31. The first kappa shape index (κ1) is 22.7. The number of likely N-dealkylation sites (N-methyl/N-ethyl adjacent to an activating group) is 1. The van der Waals surface area contributed by atoms with Gasteiger partial charge in [-0.25, -0.2) is 17.1 Å². The normalized spacial score (nSPS) is 14.3. The van der Waals surface area contributed by atoms with E-state index in [0.29, 0.717) is 23.6 Å². The molecule has 9 heteroatoms. The zero-order valence-corrected chi connectivity index (χ0v) is 18.8. The molecule has 3 rings (SSSR count). The van der Waals surface area contributed by atoms with Crippen LogP contribution in [0.5, 0.6) is 0 Å². The summed E-state index contributed by atoms with van der Waals surface area (Å²) in [6.45, 7) is 0.847. The Morgan fingerprint density at radius 3 is 2.60 bits per heavy atom. The van der Waals surface area contributed by atoms with Gasteiger partial charge in [-0.3, -0.25) is 9.69 Å². The molecule has 0 saturated heterocycles. The fourth-order valence-electron chi connectivity index (χ4n) is 3.53. The SMILES string of the molecule is CN(CC(=O)N1CCCc2cc(S(=O)(=O)N(C)C)ccc21)Cc1c(F)cccc1Cl. The molecule has 0 atom stereocenters. The lowest BCUT2D eigenvalue weighted by Crippen LogP contribution is -2.41. The van der Waals surface area contributed by atoms with Gasteiger partial charge in [0.25, 0.3) is 0 Å². The average molecular weight is 454 g/mol. The molecule has 1 heterocycles. The summed E-state index contributed by atoms with van der Waals surface area (Å²) in [6, 6.07) is 9.38. The van der Waals surface area contributed by atoms with Crippen LogP contribution in [0, 0.1) is 5.82 Å². The van der Waals surface area contributed by atoms with Crippen LogP contribution in [-0.2, 0) is 27.8 Å². The minimum absolute atomic E-state index is 0.0852. The molecule has 1 aliphatic heterocycles. The van der Waals surface area contributed by atoms with E-state index in [9.17, 15) is 17.6 Å². The number of benzene rings is 2. The lowest BCUT2D eigenvalue weighted by Gasteiger charge is -2.31. The van der Waals surface area contributed by atoms with Gasteiger partial charge in [0, 0.05) is 43.5 Å². The molecular weight excluding hydrogens is 429 g/mol. The van der Waals surface area contributed by atoms with Gasteiger partial charge in [0.2, 0.25) is 15.9 Å². The standard InChI is InChI=1S/C21H25ClFN3O3S/c1-24(2)30(28,29)16-9-10-20-15(12-16)6-5-11-26(20)21(27)14-25(3)13-17-18(22)7-4-8-19(17)23/h4,7-10,12H,5-6,11,13-14H2,1-3H3. The zero-order chi connectivity index (χ0) is 22.1. The van der Waals surface area contributed by atoms with Gasteiger partial charge in [0.1, 0.15) is 5.82 Å². The molecule has 1 amide bonds. The number of hydrogen-bond donors (Lipinski definition) is 0. The molecule has 6 nitrogen and oxygen atoms in total. The highest BCUT2D eigenvalue weighted by molar-refractivity contribution is 7.89. The summed E-state index contributed by atoms with van der Waals surface area (Å²) < 4.78 is 40.0. The minimum Gasteiger partial charge on any atom is -0.311 e. The van der Waals surface area contributed by atoms with Crippen molar-refractivity contribution in [1.82, 2.24) is 9.21 Å². The predicted octanol–water partition coefficient (Wildman–Crippen LogP) is 3.14. The van der Waals surface area contributed by atoms with Crippen molar-refractivity contribution in [2.45, 2.75) is 24.3 Å². The monoisotopic (exact) mass is 453 g/mol. The van der Waals surface area contributed by atoms with Gasteiger partial charge in [-0.1, -0.05) is 17.7 Å². The second-order valence-electron chi connectivity index (χ2n) is 7.60. The van der Waals surface area contributed by atoms with Crippen LogP contribution >= 0.6 is 11.6 Å². The molecule has 0 aromatic heterocycles. The van der Waals surface area contributed by atoms with Crippen LogP contribution in [0.2, 0.25) is 5.02 Å². The number of carbonyl (C=O) groups excluding carboxylic acids is 1. The van der Waals surface area contributed by atoms with Gasteiger partial charge in [-0.2, -0.15) is 0 Å². The largest absolute Gasteiger partial charge is 0.311 e. The maximum atomic E-state index is 14.0. The first-order chi connectivity index (χ1) is 14.1. The van der Waals surface area contributed by atoms with Crippen molar-refractivity contribution < 1.29 is 17.6 Å². The third-order valence-electron chi connectivity index (χ3n) is 5.14. The Balaban J connectivity index is 1.77. The van der Waals surface area contributed by atoms with E-state index in [2.05, 4.69) is 0 Å². The van der Waals surface area contributed by atoms with Crippen molar-refractivity contribution in [3.8, 4) is 0 Å². The van der Waals surface area contributed by atoms with Gasteiger partial charge >= 0.3 is 0 Å². The van der Waals surface area contributed by atoms with Crippen LogP contribution in [0.15, 0.2) is 41.3 Å². The van der Waals surface area contributed by atoms with Gasteiger partial charge in [-0.15, -0.1) is 0 Å². The van der Waals surface area contributed by atoms with Gasteiger partial charge in [-0.05, 0) is 55.8 Å². The Bertz CT molecular complexity index is 1040. The number of carbonyl (C=O) groups is 1. The van der Waals surface area contributed by atoms with Crippen LogP contribution in [0.4, 0.5) is 10.1 Å². The van der Waals surface area contributed by atoms with Crippen molar-refractivity contribution in [2.75, 3.05) is 39.1 Å². The summed E-state index contributed by atoms with van der Waals surface area (Å²) in [5, 5.41) is 0.326. The highest BCUT2D eigenvalue weighted by Gasteiger charge is 2.26. The van der Waals surface area contributed by atoms with Crippen LogP contribution in [-0.4, -0.2) is 57.8 Å². The maximum absolute atomic E-state index is 14.0. The van der Waals surface area contributed by atoms with Gasteiger partial charge in [0.05, 0.1) is 11.4 Å². The Labute approximate surface area is 181 Å². The molecule has 2 aromatic carbocycles. The Morgan fingerprint density at radius 1 is 1.20 bits per heavy atom. The molecule has 0 saturated carbocycles. The van der Waals surface area contributed by atoms with Crippen molar-refractivity contribution >= 4 is 33.2 Å². The Hall–Kier alpha value is -2.00. The molecule has 2 aromatic rings. The highest BCUT2D eigenvalue weighted by atomic mass is 35.5. The average Bonchev–Trinajstić information content (AvgIpc) is 2.69. The minimum atomic E-state index is -3.54. The number of rotatable bonds is 6. The summed E-state index contributed by atoms with van der Waals surface area (Å²) in [7, 11) is 1.17. The van der Waals surface area contributed by atoms with Crippen LogP contribution in [0.1, 0.15) is 17.5 Å². The number of sulfonamides is 1. The molecule has 0 spiro atoms. The molecule has 0 fully saturated rings. The number of aryl methyl sites for hydroxylation is 1. The molecule has 0 unspecified atom stereocenters. The molecule has 1 aliphatic rings. The van der Waals surface area contributed by atoms with E-state index in [1.165, 1.54) is 30.5 Å². The molecule has 162 valence electrons. The molecule has 30 heavy (non-hydrogen) atoms. The summed E-state index contributed by atoms with van der Waals surface area (Å²) in [5.41, 5.74) is 1.91. The van der Waals surface area contributed by atoms with Crippen LogP contribution < -0.4 is 4.90 Å². The fraction of sp³-hybridized carbons (Fsp3) is 0.381. The quantitative estimate of drug-likeness (QED) is 0.674. The van der Waals surface area contributed by atoms with Crippen molar-refractivity contribution in [1.29, 1.82) is 0 Å². The fourth-order valence-corrected chi connectivity index (χ4v) is 4.70. The zero-order valence-electron chi connectivity index (χ0n) is 17.2. The van der Waals surface area contributed by atoms with Crippen molar-refractivity contribution in [3.05, 3.63) is 58.4 Å². The van der Waals surface area contributed by atoms with E-state index < -0.39 is 15.8 Å². The lowest BCUT2D eigenvalue weighted by atomic mass is 10.0. The van der Waals surface area contributed by atoms with E-state index in [-0.39, 0.29) is 23.9 Å². The first-order valence-electron chi connectivity index (χ1n) is 9.58. The number of amides is 1. The van der Waals surface area contributed by atoms with Crippen molar-refractivity contribution in [3.63, 3.8) is 0 Å². The maximum Gasteiger partial charge on any atom is 0.242 e. The van der Waals surface area contributed by atoms with E-state index in [0.717, 1.165) is 17.7 Å². The van der Waals surface area contributed by atoms with Crippen LogP contribution in [0.25, 0.3) is 0 Å². The second kappa shape index (κ2) is 9.01. The summed E-state index contributed by atoms with van der Waals surface area (Å²) >= 11 is 6.09. The topological polar surface area (TPSA) is 60.9 Å². The van der Waals surface area contributed by atoms with Gasteiger partial charge in [0.15, 0.2) is 0 Å². The highest BCUT2D eigenvalue weighted by Crippen LogP contribution is 2.30. The van der Waals surface area contributed by atoms with Crippen LogP contribution in [0.3, 0.4) is 0 Å². The molecule has 0 N–H and O–H groups in total. The van der Waals surface area contributed by atoms with E-state index in [1.54, 1.807) is 41.1 Å². The number of fused-ring (bicyclic) bond motifs is 1. The predicted molar refractivity (Wildman–Crippen MR) is 116 cm³/mol. The van der Waals surface area contributed by atoms with Crippen molar-refractivity contribution in [2.24, 2.45) is 0 Å². The van der Waals surface area contributed by atoms with Gasteiger partial charge < -0.3 is 4.90 Å². The third kappa shape index (κ3) is 4.67. The van der Waals surface area contributed by atoms with E-state index in [4.69, 9.17) is 11.6 Å². The summed E-state index contributed by atoms with van der Waals surface area (Å²) in [4.78, 5) is 16.6. The number of hydrogen-bond acceptors (Lipinski definition) is 4. The second-order valence-corrected chi connectivity index (χ2v) is 10.2. The summed E-state index contributed by atoms with van der Waals surface area (Å²) in [6.07, 6.45) is 1.45. The first-order valence-corrected chi connectivity index (χ1v) is 11.4. The summed E-state index contributed by atoms with van der Waals surface area (Å²) in [5.74, 6) is -0.533. The number of anilines is 1. The Morgan fingerprint density at radius 2 is 1.93 bits per heavy atom. The van der Waals surface area contributed by atoms with E-state index >= 15 is 0 Å². The molecule has 0 radical (unpaired) electrons. The number of halogens is 2. The molecule has 0 aliphatic carbocycles. The smallest absolute Gasteiger partial charge is 0.242 e. The van der Waals surface area contributed by atoms with E-state index in [1.807, 2.05) is 0 Å².